The SMILES string of the molecule is C/C=C\C/C=C\Cc1c(C(=O)Nc2ccc(Oc3ccnc4cc(OC)c(OC)cc34)c(F)c2)c(=O)n(C)n1C.CC. The Morgan fingerprint density at radius 3 is 2.33 bits per heavy atom. The minimum atomic E-state index is -0.698. The summed E-state index contributed by atoms with van der Waals surface area (Å²) in [5.74, 6) is -0.0221. The second-order valence-corrected chi connectivity index (χ2v) is 8.89. The number of amides is 1. The van der Waals surface area contributed by atoms with Crippen LogP contribution in [-0.4, -0.2) is 34.5 Å². The molecular formula is C32H37FN4O5. The molecule has 0 fully saturated rings. The van der Waals surface area contributed by atoms with E-state index in [1.807, 2.05) is 45.1 Å². The lowest BCUT2D eigenvalue weighted by molar-refractivity contribution is 0.102. The number of nitrogens with one attached hydrogen (secondary N) is 1. The van der Waals surface area contributed by atoms with Gasteiger partial charge in [0.15, 0.2) is 23.1 Å². The molecule has 9 nitrogen and oxygen atoms in total. The molecule has 222 valence electrons. The van der Waals surface area contributed by atoms with Crippen molar-refractivity contribution in [2.24, 2.45) is 14.1 Å². The van der Waals surface area contributed by atoms with Crippen LogP contribution in [0, 0.1) is 5.82 Å². The number of benzene rings is 2. The third-order valence-electron chi connectivity index (χ3n) is 6.47. The molecule has 42 heavy (non-hydrogen) atoms. The summed E-state index contributed by atoms with van der Waals surface area (Å²) in [7, 11) is 6.35. The zero-order chi connectivity index (χ0) is 30.8. The van der Waals surface area contributed by atoms with Crippen LogP contribution in [0.2, 0.25) is 0 Å². The summed E-state index contributed by atoms with van der Waals surface area (Å²) in [5, 5.41) is 3.24. The summed E-state index contributed by atoms with van der Waals surface area (Å²) in [6, 6.07) is 9.08. The topological polar surface area (TPSA) is 96.6 Å². The number of allylic oxidation sites excluding steroid dienone is 4. The summed E-state index contributed by atoms with van der Waals surface area (Å²) < 4.78 is 34.7. The summed E-state index contributed by atoms with van der Waals surface area (Å²) >= 11 is 0. The van der Waals surface area contributed by atoms with Gasteiger partial charge in [-0.2, -0.15) is 0 Å². The monoisotopic (exact) mass is 576 g/mol. The predicted octanol–water partition coefficient (Wildman–Crippen LogP) is 6.56. The van der Waals surface area contributed by atoms with Gasteiger partial charge in [-0.3, -0.25) is 23.9 Å². The van der Waals surface area contributed by atoms with Crippen molar-refractivity contribution in [2.45, 2.75) is 33.6 Å². The van der Waals surface area contributed by atoms with Crippen molar-refractivity contribution in [1.82, 2.24) is 14.3 Å². The summed E-state index contributed by atoms with van der Waals surface area (Å²) in [4.78, 5) is 30.3. The fourth-order valence-electron chi connectivity index (χ4n) is 4.24. The van der Waals surface area contributed by atoms with E-state index in [0.29, 0.717) is 40.3 Å². The number of rotatable bonds is 10. The van der Waals surface area contributed by atoms with Gasteiger partial charge in [-0.15, -0.1) is 0 Å². The highest BCUT2D eigenvalue weighted by Crippen LogP contribution is 2.37. The molecule has 0 aliphatic heterocycles. The highest BCUT2D eigenvalue weighted by molar-refractivity contribution is 6.05. The molecule has 0 atom stereocenters. The Morgan fingerprint density at radius 2 is 1.67 bits per heavy atom. The second-order valence-electron chi connectivity index (χ2n) is 8.89. The van der Waals surface area contributed by atoms with E-state index in [0.717, 1.165) is 12.5 Å². The van der Waals surface area contributed by atoms with Crippen molar-refractivity contribution in [1.29, 1.82) is 0 Å². The highest BCUT2D eigenvalue weighted by atomic mass is 19.1. The van der Waals surface area contributed by atoms with E-state index in [1.165, 1.54) is 31.0 Å². The standard InChI is InChI=1S/C30H31FN4O5.C2H6/c1-6-7-8-9-10-11-23-28(30(37)35(3)34(23)2)29(36)33-19-12-13-25(21(31)16-19)40-24-14-15-32-22-18-27(39-5)26(38-4)17-20(22)24;1-2/h6-7,9-10,12-18H,8,11H2,1-5H3,(H,33,36);1-2H3/b7-6-,10-9-;. The molecule has 0 aliphatic carbocycles. The zero-order valence-electron chi connectivity index (χ0n) is 25.0. The highest BCUT2D eigenvalue weighted by Gasteiger charge is 2.22. The number of fused-ring (bicyclic) bond motifs is 1. The number of ether oxygens (including phenoxy) is 3. The first kappa shape index (κ1) is 31.7. The Hall–Kier alpha value is -4.86. The molecule has 0 aliphatic rings. The number of methoxy groups -OCH3 is 2. The molecule has 2 aromatic heterocycles. The normalized spacial score (nSPS) is 11.0. The van der Waals surface area contributed by atoms with Gasteiger partial charge in [-0.05, 0) is 37.6 Å². The summed E-state index contributed by atoms with van der Waals surface area (Å²) in [5.41, 5.74) is 0.888. The van der Waals surface area contributed by atoms with Gasteiger partial charge < -0.3 is 19.5 Å². The van der Waals surface area contributed by atoms with Crippen LogP contribution in [0.3, 0.4) is 0 Å². The van der Waals surface area contributed by atoms with E-state index in [9.17, 15) is 9.59 Å². The average Bonchev–Trinajstić information content (AvgIpc) is 3.21. The molecule has 10 heteroatoms. The molecule has 0 spiro atoms. The lowest BCUT2D eigenvalue weighted by Gasteiger charge is -2.13. The minimum Gasteiger partial charge on any atom is -0.493 e. The Balaban J connectivity index is 0.00000237. The van der Waals surface area contributed by atoms with Gasteiger partial charge in [0.25, 0.3) is 11.5 Å². The number of aromatic nitrogens is 3. The first-order valence-corrected chi connectivity index (χ1v) is 13.6. The molecule has 0 saturated carbocycles. The molecule has 1 amide bonds. The van der Waals surface area contributed by atoms with Crippen LogP contribution in [0.1, 0.15) is 43.2 Å². The largest absolute Gasteiger partial charge is 0.493 e. The Labute approximate surface area is 244 Å². The first-order chi connectivity index (χ1) is 20.3. The smallest absolute Gasteiger partial charge is 0.279 e. The number of nitrogens with zero attached hydrogens (tertiary/aromatic N) is 3. The molecule has 4 rings (SSSR count). The Kier molecular flexibility index (Phi) is 11.1. The third kappa shape index (κ3) is 6.88. The number of halogens is 1. The fourth-order valence-corrected chi connectivity index (χ4v) is 4.24. The van der Waals surface area contributed by atoms with E-state index in [4.69, 9.17) is 14.2 Å². The molecule has 0 bridgehead atoms. The van der Waals surface area contributed by atoms with Crippen molar-refractivity contribution < 1.29 is 23.4 Å². The van der Waals surface area contributed by atoms with E-state index in [2.05, 4.69) is 10.3 Å². The van der Waals surface area contributed by atoms with Crippen molar-refractivity contribution in [3.63, 3.8) is 0 Å². The predicted molar refractivity (Wildman–Crippen MR) is 164 cm³/mol. The second kappa shape index (κ2) is 14.7. The minimum absolute atomic E-state index is 0.00838. The molecule has 1 N–H and O–H groups in total. The Bertz CT molecular complexity index is 1670. The number of carbonyl (C=O) groups excluding carboxylic acids is 1. The van der Waals surface area contributed by atoms with Gasteiger partial charge in [0.2, 0.25) is 0 Å². The van der Waals surface area contributed by atoms with Crippen molar-refractivity contribution in [3.05, 3.63) is 94.3 Å². The van der Waals surface area contributed by atoms with Gasteiger partial charge in [0.1, 0.15) is 11.3 Å². The lowest BCUT2D eigenvalue weighted by atomic mass is 10.1. The van der Waals surface area contributed by atoms with Crippen LogP contribution in [0.15, 0.2) is 71.7 Å². The van der Waals surface area contributed by atoms with E-state index in [1.54, 1.807) is 43.2 Å². The maximum atomic E-state index is 15.1. The average molecular weight is 577 g/mol. The molecule has 0 saturated heterocycles. The van der Waals surface area contributed by atoms with Crippen LogP contribution < -0.4 is 25.1 Å². The van der Waals surface area contributed by atoms with Crippen molar-refractivity contribution in [2.75, 3.05) is 19.5 Å². The van der Waals surface area contributed by atoms with Crippen molar-refractivity contribution >= 4 is 22.5 Å². The van der Waals surface area contributed by atoms with Crippen LogP contribution >= 0.6 is 0 Å². The number of hydrogen-bond donors (Lipinski definition) is 1. The van der Waals surface area contributed by atoms with Gasteiger partial charge in [0, 0.05) is 49.9 Å². The van der Waals surface area contributed by atoms with Gasteiger partial charge in [-0.25, -0.2) is 4.39 Å². The zero-order valence-corrected chi connectivity index (χ0v) is 25.0. The molecular weight excluding hydrogens is 539 g/mol. The molecule has 0 radical (unpaired) electrons. The molecule has 2 heterocycles. The molecule has 4 aromatic rings. The van der Waals surface area contributed by atoms with Crippen LogP contribution in [0.4, 0.5) is 10.1 Å². The third-order valence-corrected chi connectivity index (χ3v) is 6.47. The number of carbonyl (C=O) groups is 1. The van der Waals surface area contributed by atoms with Gasteiger partial charge in [-0.1, -0.05) is 38.2 Å². The number of hydrogen-bond acceptors (Lipinski definition) is 6. The fraction of sp³-hybridized carbons (Fsp3) is 0.281. The maximum Gasteiger partial charge on any atom is 0.279 e. The summed E-state index contributed by atoms with van der Waals surface area (Å²) in [6.45, 7) is 5.94. The van der Waals surface area contributed by atoms with Gasteiger partial charge in [0.05, 0.1) is 25.4 Å². The maximum absolute atomic E-state index is 15.1. The number of anilines is 1. The molecule has 0 unspecified atom stereocenters. The molecule has 2 aromatic carbocycles. The van der Waals surface area contributed by atoms with Crippen LogP contribution in [-0.2, 0) is 20.5 Å². The first-order valence-electron chi connectivity index (χ1n) is 13.6. The quantitative estimate of drug-likeness (QED) is 0.215. The lowest BCUT2D eigenvalue weighted by Crippen LogP contribution is -2.24. The number of pyridine rings is 1. The van der Waals surface area contributed by atoms with E-state index >= 15 is 4.39 Å². The van der Waals surface area contributed by atoms with Crippen LogP contribution in [0.25, 0.3) is 10.9 Å². The Morgan fingerprint density at radius 1 is 0.952 bits per heavy atom. The van der Waals surface area contributed by atoms with Gasteiger partial charge >= 0.3 is 0 Å². The van der Waals surface area contributed by atoms with E-state index in [-0.39, 0.29) is 17.0 Å². The van der Waals surface area contributed by atoms with Crippen LogP contribution in [0.5, 0.6) is 23.0 Å². The van der Waals surface area contributed by atoms with E-state index < -0.39 is 17.3 Å². The summed E-state index contributed by atoms with van der Waals surface area (Å²) in [6.07, 6.45) is 10.5. The van der Waals surface area contributed by atoms with Crippen molar-refractivity contribution in [3.8, 4) is 23.0 Å².